The average Bonchev–Trinajstić information content (AvgIpc) is 2.89. The van der Waals surface area contributed by atoms with Crippen LogP contribution >= 0.6 is 0 Å². The second kappa shape index (κ2) is 5.09. The number of pyridine rings is 1. The van der Waals surface area contributed by atoms with Gasteiger partial charge in [0.05, 0.1) is 11.3 Å². The molecule has 0 bridgehead atoms. The Bertz CT molecular complexity index is 778. The molecular formula is C16H16N2O3. The van der Waals surface area contributed by atoms with Crippen LogP contribution < -0.4 is 10.9 Å². The number of carbonyl (C=O) groups is 1. The summed E-state index contributed by atoms with van der Waals surface area (Å²) in [6, 6.07) is 7.33. The van der Waals surface area contributed by atoms with Gasteiger partial charge in [0, 0.05) is 25.0 Å². The highest BCUT2D eigenvalue weighted by molar-refractivity contribution is 5.94. The van der Waals surface area contributed by atoms with E-state index in [9.17, 15) is 14.7 Å². The van der Waals surface area contributed by atoms with Gasteiger partial charge >= 0.3 is 5.97 Å². The molecule has 0 aliphatic heterocycles. The lowest BCUT2D eigenvalue weighted by Gasteiger charge is -2.12. The summed E-state index contributed by atoms with van der Waals surface area (Å²) in [5.41, 5.74) is 3.61. The molecule has 108 valence electrons. The van der Waals surface area contributed by atoms with Gasteiger partial charge in [0.2, 0.25) is 0 Å². The second-order valence-corrected chi connectivity index (χ2v) is 5.32. The molecule has 2 aromatic rings. The Balaban J connectivity index is 1.99. The van der Waals surface area contributed by atoms with E-state index in [1.54, 1.807) is 0 Å². The van der Waals surface area contributed by atoms with E-state index in [1.165, 1.54) is 35.0 Å². The Labute approximate surface area is 121 Å². The van der Waals surface area contributed by atoms with Crippen molar-refractivity contribution in [1.82, 2.24) is 4.57 Å². The van der Waals surface area contributed by atoms with Gasteiger partial charge in [-0.1, -0.05) is 6.07 Å². The van der Waals surface area contributed by atoms with E-state index in [0.717, 1.165) is 24.9 Å². The minimum Gasteiger partial charge on any atom is -0.478 e. The van der Waals surface area contributed by atoms with E-state index in [4.69, 9.17) is 0 Å². The number of hydrogen-bond donors (Lipinski definition) is 2. The number of nitrogens with zero attached hydrogens (tertiary/aromatic N) is 1. The first-order valence-corrected chi connectivity index (χ1v) is 6.87. The second-order valence-electron chi connectivity index (χ2n) is 5.32. The first-order valence-electron chi connectivity index (χ1n) is 6.87. The molecule has 5 heteroatoms. The van der Waals surface area contributed by atoms with E-state index < -0.39 is 5.97 Å². The summed E-state index contributed by atoms with van der Waals surface area (Å²) in [4.78, 5) is 23.0. The van der Waals surface area contributed by atoms with Gasteiger partial charge in [0.1, 0.15) is 0 Å². The third-order valence-electron chi connectivity index (χ3n) is 3.84. The third-order valence-corrected chi connectivity index (χ3v) is 3.84. The van der Waals surface area contributed by atoms with Crippen molar-refractivity contribution in [1.29, 1.82) is 0 Å². The van der Waals surface area contributed by atoms with E-state index in [1.807, 2.05) is 12.1 Å². The maximum Gasteiger partial charge on any atom is 0.339 e. The van der Waals surface area contributed by atoms with Crippen LogP contribution in [0.15, 0.2) is 35.3 Å². The van der Waals surface area contributed by atoms with Crippen molar-refractivity contribution in [2.75, 3.05) is 5.32 Å². The molecule has 21 heavy (non-hydrogen) atoms. The molecule has 2 N–H and O–H groups in total. The van der Waals surface area contributed by atoms with E-state index in [0.29, 0.717) is 5.69 Å². The Morgan fingerprint density at radius 1 is 1.24 bits per heavy atom. The van der Waals surface area contributed by atoms with Gasteiger partial charge in [-0.15, -0.1) is 0 Å². The largest absolute Gasteiger partial charge is 0.478 e. The lowest BCUT2D eigenvalue weighted by atomic mass is 10.1. The van der Waals surface area contributed by atoms with Gasteiger partial charge in [-0.2, -0.15) is 0 Å². The molecule has 0 amide bonds. The topological polar surface area (TPSA) is 71.3 Å². The molecule has 0 atom stereocenters. The summed E-state index contributed by atoms with van der Waals surface area (Å²) < 4.78 is 1.26. The van der Waals surface area contributed by atoms with Gasteiger partial charge in [-0.05, 0) is 42.5 Å². The molecule has 0 unspecified atom stereocenters. The highest BCUT2D eigenvalue weighted by atomic mass is 16.4. The summed E-state index contributed by atoms with van der Waals surface area (Å²) in [6.07, 6.45) is 4.64. The molecule has 1 aliphatic carbocycles. The molecule has 1 aliphatic rings. The number of carboxylic acid groups (broad SMARTS) is 1. The first kappa shape index (κ1) is 13.4. The molecule has 1 aromatic carbocycles. The molecule has 1 heterocycles. The number of aryl methyl sites for hydroxylation is 3. The number of aromatic nitrogens is 1. The Kier molecular flexibility index (Phi) is 3.25. The molecule has 5 nitrogen and oxygen atoms in total. The number of fused-ring (bicyclic) bond motifs is 1. The average molecular weight is 284 g/mol. The molecule has 0 saturated heterocycles. The van der Waals surface area contributed by atoms with Crippen molar-refractivity contribution in [2.45, 2.75) is 19.3 Å². The van der Waals surface area contributed by atoms with Gasteiger partial charge in [0.15, 0.2) is 0 Å². The standard InChI is InChI=1S/C16H16N2O3/c1-18-9-13(16(20)21)14(8-15(18)19)17-12-6-5-10-3-2-4-11(10)7-12/h5-9,17H,2-4H2,1H3,(H,20,21). The van der Waals surface area contributed by atoms with Crippen LogP contribution in [0, 0.1) is 0 Å². The fraction of sp³-hybridized carbons (Fsp3) is 0.250. The highest BCUT2D eigenvalue weighted by Crippen LogP contribution is 2.27. The Hall–Kier alpha value is -2.56. The number of hydrogen-bond acceptors (Lipinski definition) is 3. The molecule has 0 fully saturated rings. The van der Waals surface area contributed by atoms with E-state index in [2.05, 4.69) is 11.4 Å². The van der Waals surface area contributed by atoms with Gasteiger partial charge in [-0.3, -0.25) is 4.79 Å². The van der Waals surface area contributed by atoms with Gasteiger partial charge < -0.3 is 15.0 Å². The fourth-order valence-corrected chi connectivity index (χ4v) is 2.71. The number of benzene rings is 1. The number of nitrogens with one attached hydrogen (secondary N) is 1. The minimum atomic E-state index is -1.06. The zero-order valence-electron chi connectivity index (χ0n) is 11.7. The molecular weight excluding hydrogens is 268 g/mol. The molecule has 3 rings (SSSR count). The van der Waals surface area contributed by atoms with Gasteiger partial charge in [-0.25, -0.2) is 4.79 Å². The summed E-state index contributed by atoms with van der Waals surface area (Å²) in [5.74, 6) is -1.06. The number of anilines is 2. The quantitative estimate of drug-likeness (QED) is 0.907. The zero-order valence-corrected chi connectivity index (χ0v) is 11.7. The Morgan fingerprint density at radius 2 is 2.00 bits per heavy atom. The van der Waals surface area contributed by atoms with Crippen molar-refractivity contribution < 1.29 is 9.90 Å². The van der Waals surface area contributed by atoms with Crippen molar-refractivity contribution in [3.63, 3.8) is 0 Å². The van der Waals surface area contributed by atoms with Crippen LogP contribution in [0.25, 0.3) is 0 Å². The normalized spacial score (nSPS) is 13.0. The number of carboxylic acids is 1. The maximum atomic E-state index is 11.7. The zero-order chi connectivity index (χ0) is 15.0. The molecule has 0 radical (unpaired) electrons. The van der Waals surface area contributed by atoms with Crippen LogP contribution in [0.4, 0.5) is 11.4 Å². The van der Waals surface area contributed by atoms with E-state index >= 15 is 0 Å². The number of rotatable bonds is 3. The predicted octanol–water partition coefficient (Wildman–Crippen LogP) is 2.32. The Morgan fingerprint density at radius 3 is 2.76 bits per heavy atom. The summed E-state index contributed by atoms with van der Waals surface area (Å²) in [7, 11) is 1.54. The van der Waals surface area contributed by atoms with Crippen LogP contribution in [0.1, 0.15) is 27.9 Å². The lowest BCUT2D eigenvalue weighted by Crippen LogP contribution is -2.19. The minimum absolute atomic E-state index is 0.0811. The smallest absolute Gasteiger partial charge is 0.339 e. The summed E-state index contributed by atoms with van der Waals surface area (Å²) in [6.45, 7) is 0. The monoisotopic (exact) mass is 284 g/mol. The molecule has 0 spiro atoms. The molecule has 1 aromatic heterocycles. The fourth-order valence-electron chi connectivity index (χ4n) is 2.71. The SMILES string of the molecule is Cn1cc(C(=O)O)c(Nc2ccc3c(c2)CCC3)cc1=O. The van der Waals surface area contributed by atoms with Gasteiger partial charge in [0.25, 0.3) is 5.56 Å². The van der Waals surface area contributed by atoms with Crippen molar-refractivity contribution in [3.05, 3.63) is 57.5 Å². The van der Waals surface area contributed by atoms with Crippen LogP contribution in [0.2, 0.25) is 0 Å². The van der Waals surface area contributed by atoms with Crippen molar-refractivity contribution in [3.8, 4) is 0 Å². The van der Waals surface area contributed by atoms with Crippen LogP contribution in [-0.2, 0) is 19.9 Å². The van der Waals surface area contributed by atoms with Crippen molar-refractivity contribution >= 4 is 17.3 Å². The first-order chi connectivity index (χ1) is 10.0. The maximum absolute atomic E-state index is 11.7. The van der Waals surface area contributed by atoms with Crippen LogP contribution in [0.5, 0.6) is 0 Å². The summed E-state index contributed by atoms with van der Waals surface area (Å²) >= 11 is 0. The van der Waals surface area contributed by atoms with Crippen LogP contribution in [-0.4, -0.2) is 15.6 Å². The molecule has 0 saturated carbocycles. The van der Waals surface area contributed by atoms with Crippen molar-refractivity contribution in [2.24, 2.45) is 7.05 Å². The lowest BCUT2D eigenvalue weighted by molar-refractivity contribution is 0.0697. The summed E-state index contributed by atoms with van der Waals surface area (Å²) in [5, 5.41) is 12.3. The third kappa shape index (κ3) is 2.54. The van der Waals surface area contributed by atoms with Crippen LogP contribution in [0.3, 0.4) is 0 Å². The highest BCUT2D eigenvalue weighted by Gasteiger charge is 2.14. The predicted molar refractivity (Wildman–Crippen MR) is 80.4 cm³/mol. The number of aromatic carboxylic acids is 1. The van der Waals surface area contributed by atoms with E-state index in [-0.39, 0.29) is 11.1 Å².